The molecule has 3 fully saturated rings. The van der Waals surface area contributed by atoms with Crippen LogP contribution in [0.3, 0.4) is 0 Å². The summed E-state index contributed by atoms with van der Waals surface area (Å²) in [7, 11) is 3.76. The third-order valence-corrected chi connectivity index (χ3v) is 5.92. The van der Waals surface area contributed by atoms with E-state index in [9.17, 15) is 4.79 Å². The molecular formula is C18H32N2O3. The van der Waals surface area contributed by atoms with Crippen LogP contribution < -0.4 is 0 Å². The summed E-state index contributed by atoms with van der Waals surface area (Å²) in [5.74, 6) is 1.06. The molecule has 0 spiro atoms. The molecule has 132 valence electrons. The van der Waals surface area contributed by atoms with Gasteiger partial charge in [0.15, 0.2) is 0 Å². The maximum absolute atomic E-state index is 12.7. The molecule has 0 aromatic heterocycles. The minimum Gasteiger partial charge on any atom is -0.380 e. The second kappa shape index (κ2) is 7.95. The van der Waals surface area contributed by atoms with Crippen molar-refractivity contribution in [1.29, 1.82) is 0 Å². The number of ether oxygens (including phenoxy) is 2. The summed E-state index contributed by atoms with van der Waals surface area (Å²) in [6.45, 7) is 3.47. The number of hydrogen-bond donors (Lipinski definition) is 0. The Morgan fingerprint density at radius 1 is 1.09 bits per heavy atom. The fraction of sp³-hybridized carbons (Fsp3) is 0.944. The first-order valence-corrected chi connectivity index (χ1v) is 9.30. The number of piperidine rings is 1. The lowest BCUT2D eigenvalue weighted by molar-refractivity contribution is -0.138. The van der Waals surface area contributed by atoms with Crippen LogP contribution in [-0.4, -0.2) is 74.4 Å². The Bertz CT molecular complexity index is 390. The van der Waals surface area contributed by atoms with Gasteiger partial charge in [-0.25, -0.2) is 0 Å². The number of nitrogens with zero attached hydrogens (tertiary/aromatic N) is 2. The van der Waals surface area contributed by atoms with Crippen LogP contribution in [0.4, 0.5) is 0 Å². The second-order valence-corrected chi connectivity index (χ2v) is 7.56. The molecule has 0 aromatic carbocycles. The fourth-order valence-electron chi connectivity index (χ4n) is 4.31. The Morgan fingerprint density at radius 3 is 2.39 bits per heavy atom. The number of amides is 1. The molecule has 2 heterocycles. The van der Waals surface area contributed by atoms with Gasteiger partial charge in [-0.05, 0) is 45.1 Å². The number of hydrogen-bond acceptors (Lipinski definition) is 4. The lowest BCUT2D eigenvalue weighted by atomic mass is 10.0. The van der Waals surface area contributed by atoms with Crippen LogP contribution in [0.25, 0.3) is 0 Å². The first kappa shape index (κ1) is 17.2. The molecule has 3 rings (SSSR count). The van der Waals surface area contributed by atoms with Crippen LogP contribution in [-0.2, 0) is 14.3 Å². The summed E-state index contributed by atoms with van der Waals surface area (Å²) in [5, 5.41) is 0. The molecule has 2 saturated heterocycles. The second-order valence-electron chi connectivity index (χ2n) is 7.56. The molecule has 3 aliphatic rings. The van der Waals surface area contributed by atoms with Crippen molar-refractivity contribution in [3.8, 4) is 0 Å². The molecule has 0 bridgehead atoms. The number of rotatable bonds is 5. The van der Waals surface area contributed by atoms with Gasteiger partial charge < -0.3 is 14.4 Å². The van der Waals surface area contributed by atoms with E-state index >= 15 is 0 Å². The lowest BCUT2D eigenvalue weighted by Crippen LogP contribution is -2.48. The largest absolute Gasteiger partial charge is 0.380 e. The highest BCUT2D eigenvalue weighted by molar-refractivity contribution is 5.82. The number of likely N-dealkylation sites (tertiary alicyclic amines) is 2. The number of carbonyl (C=O) groups excluding carboxylic acids is 1. The highest BCUT2D eigenvalue weighted by Gasteiger charge is 2.37. The van der Waals surface area contributed by atoms with Crippen molar-refractivity contribution >= 4 is 5.91 Å². The Hall–Kier alpha value is -0.650. The van der Waals surface area contributed by atoms with Gasteiger partial charge in [0.1, 0.15) is 0 Å². The van der Waals surface area contributed by atoms with Crippen LogP contribution in [0.1, 0.15) is 44.9 Å². The van der Waals surface area contributed by atoms with Crippen LogP contribution >= 0.6 is 0 Å². The number of likely N-dealkylation sites (N-methyl/N-ethyl adjacent to an activating group) is 1. The van der Waals surface area contributed by atoms with Crippen LogP contribution in [0.5, 0.6) is 0 Å². The summed E-state index contributed by atoms with van der Waals surface area (Å²) in [4.78, 5) is 16.9. The predicted octanol–water partition coefficient (Wildman–Crippen LogP) is 1.90. The van der Waals surface area contributed by atoms with E-state index in [-0.39, 0.29) is 18.1 Å². The fourth-order valence-corrected chi connectivity index (χ4v) is 4.31. The van der Waals surface area contributed by atoms with Crippen molar-refractivity contribution < 1.29 is 14.3 Å². The van der Waals surface area contributed by atoms with E-state index in [1.807, 2.05) is 11.9 Å². The van der Waals surface area contributed by atoms with E-state index in [0.717, 1.165) is 51.4 Å². The van der Waals surface area contributed by atoms with Crippen LogP contribution in [0.2, 0.25) is 0 Å². The van der Waals surface area contributed by atoms with Gasteiger partial charge in [-0.1, -0.05) is 12.8 Å². The van der Waals surface area contributed by atoms with E-state index in [0.29, 0.717) is 6.10 Å². The Labute approximate surface area is 140 Å². The molecule has 0 radical (unpaired) electrons. The van der Waals surface area contributed by atoms with Crippen LogP contribution in [0, 0.1) is 5.92 Å². The lowest BCUT2D eigenvalue weighted by Gasteiger charge is -2.35. The Balaban J connectivity index is 1.40. The molecule has 0 N–H and O–H groups in total. The molecule has 23 heavy (non-hydrogen) atoms. The Morgan fingerprint density at radius 2 is 1.78 bits per heavy atom. The first-order chi connectivity index (χ1) is 11.2. The van der Waals surface area contributed by atoms with Gasteiger partial charge in [-0.15, -0.1) is 0 Å². The summed E-state index contributed by atoms with van der Waals surface area (Å²) in [6, 6.07) is -0.00379. The highest BCUT2D eigenvalue weighted by Crippen LogP contribution is 2.27. The molecule has 1 aliphatic carbocycles. The maximum atomic E-state index is 12.7. The molecule has 5 heteroatoms. The minimum absolute atomic E-state index is 0.00379. The molecular weight excluding hydrogens is 292 g/mol. The SMILES string of the molecule is CO[C@H]1C[C@@H](C(=O)N2CCC(OCC3CCCC3)CC2)N(C)C1. The molecule has 0 aromatic rings. The normalized spacial score (nSPS) is 31.1. The maximum Gasteiger partial charge on any atom is 0.240 e. The van der Waals surface area contributed by atoms with Gasteiger partial charge in [0, 0.05) is 33.4 Å². The predicted molar refractivity (Wildman–Crippen MR) is 89.3 cm³/mol. The van der Waals surface area contributed by atoms with Gasteiger partial charge in [0.05, 0.1) is 18.2 Å². The van der Waals surface area contributed by atoms with Crippen molar-refractivity contribution in [2.45, 2.75) is 63.2 Å². The van der Waals surface area contributed by atoms with Crippen molar-refractivity contribution in [3.63, 3.8) is 0 Å². The zero-order valence-corrected chi connectivity index (χ0v) is 14.7. The average Bonchev–Trinajstić information content (AvgIpc) is 3.22. The zero-order valence-electron chi connectivity index (χ0n) is 14.7. The zero-order chi connectivity index (χ0) is 16.2. The third-order valence-electron chi connectivity index (χ3n) is 5.92. The smallest absolute Gasteiger partial charge is 0.240 e. The van der Waals surface area contributed by atoms with E-state index in [1.54, 1.807) is 7.11 Å². The van der Waals surface area contributed by atoms with Crippen molar-refractivity contribution in [2.24, 2.45) is 5.92 Å². The summed E-state index contributed by atoms with van der Waals surface area (Å²) < 4.78 is 11.5. The van der Waals surface area contributed by atoms with Crippen molar-refractivity contribution in [1.82, 2.24) is 9.80 Å². The molecule has 0 unspecified atom stereocenters. The van der Waals surface area contributed by atoms with Gasteiger partial charge in [0.2, 0.25) is 5.91 Å². The van der Waals surface area contributed by atoms with E-state index < -0.39 is 0 Å². The van der Waals surface area contributed by atoms with Gasteiger partial charge in [-0.3, -0.25) is 9.69 Å². The average molecular weight is 324 g/mol. The van der Waals surface area contributed by atoms with E-state index in [1.165, 1.54) is 25.7 Å². The van der Waals surface area contributed by atoms with E-state index in [4.69, 9.17) is 9.47 Å². The summed E-state index contributed by atoms with van der Waals surface area (Å²) >= 11 is 0. The molecule has 1 saturated carbocycles. The standard InChI is InChI=1S/C18H32N2O3/c1-19-12-16(22-2)11-17(19)18(21)20-9-7-15(8-10-20)23-13-14-5-3-4-6-14/h14-17H,3-13H2,1-2H3/t16-,17-/m0/s1. The minimum atomic E-state index is -0.00379. The quantitative estimate of drug-likeness (QED) is 0.775. The van der Waals surface area contributed by atoms with E-state index in [2.05, 4.69) is 4.90 Å². The third kappa shape index (κ3) is 4.25. The van der Waals surface area contributed by atoms with Crippen molar-refractivity contribution in [2.75, 3.05) is 40.4 Å². The first-order valence-electron chi connectivity index (χ1n) is 9.30. The number of carbonyl (C=O) groups is 1. The summed E-state index contributed by atoms with van der Waals surface area (Å²) in [5.41, 5.74) is 0. The Kier molecular flexibility index (Phi) is 5.94. The highest BCUT2D eigenvalue weighted by atomic mass is 16.5. The monoisotopic (exact) mass is 324 g/mol. The topological polar surface area (TPSA) is 42.0 Å². The number of methoxy groups -OCH3 is 1. The van der Waals surface area contributed by atoms with Crippen molar-refractivity contribution in [3.05, 3.63) is 0 Å². The van der Waals surface area contributed by atoms with Gasteiger partial charge in [-0.2, -0.15) is 0 Å². The van der Waals surface area contributed by atoms with Crippen LogP contribution in [0.15, 0.2) is 0 Å². The molecule has 5 nitrogen and oxygen atoms in total. The van der Waals surface area contributed by atoms with Gasteiger partial charge in [0.25, 0.3) is 0 Å². The molecule has 1 amide bonds. The molecule has 2 aliphatic heterocycles. The molecule has 2 atom stereocenters. The van der Waals surface area contributed by atoms with Gasteiger partial charge >= 0.3 is 0 Å². The summed E-state index contributed by atoms with van der Waals surface area (Å²) in [6.07, 6.45) is 8.78.